The van der Waals surface area contributed by atoms with Crippen molar-refractivity contribution in [2.24, 2.45) is 0 Å². The van der Waals surface area contributed by atoms with E-state index in [2.05, 4.69) is 14.9 Å². The summed E-state index contributed by atoms with van der Waals surface area (Å²) in [6.45, 7) is 1.86. The van der Waals surface area contributed by atoms with Crippen molar-refractivity contribution < 1.29 is 8.42 Å². The first-order valence-corrected chi connectivity index (χ1v) is 8.44. The third-order valence-corrected chi connectivity index (χ3v) is 4.98. The van der Waals surface area contributed by atoms with Crippen molar-refractivity contribution in [3.8, 4) is 0 Å². The Labute approximate surface area is 121 Å². The van der Waals surface area contributed by atoms with Gasteiger partial charge in [0.15, 0.2) is 0 Å². The van der Waals surface area contributed by atoms with Crippen LogP contribution in [-0.4, -0.2) is 46.5 Å². The summed E-state index contributed by atoms with van der Waals surface area (Å²) in [6, 6.07) is 7.68. The molecule has 0 amide bonds. The minimum Gasteiger partial charge on any atom is -0.316 e. The van der Waals surface area contributed by atoms with Gasteiger partial charge in [0.25, 0.3) is 0 Å². The molecule has 6 heteroatoms. The Hall–Kier alpha value is -0.950. The maximum atomic E-state index is 12.2. The number of likely N-dealkylation sites (N-methyl/N-ethyl adjacent to an activating group) is 1. The molecular formula is C14H23N3O2S. The van der Waals surface area contributed by atoms with Crippen molar-refractivity contribution in [3.63, 3.8) is 0 Å². The standard InChI is InChI=1S/C14H23N3O2S/c1-15-11-12-4-3-5-14(10-12)20(18,19)16-8-9-17(2)13-6-7-13/h3-5,10,13,15-16H,6-9,11H2,1-2H3. The first kappa shape index (κ1) is 15.4. The molecule has 1 saturated carbocycles. The summed E-state index contributed by atoms with van der Waals surface area (Å²) in [7, 11) is 0.475. The second kappa shape index (κ2) is 6.67. The lowest BCUT2D eigenvalue weighted by Crippen LogP contribution is -2.34. The molecule has 1 fully saturated rings. The molecule has 0 aromatic heterocycles. The van der Waals surface area contributed by atoms with Gasteiger partial charge < -0.3 is 10.2 Å². The largest absolute Gasteiger partial charge is 0.316 e. The van der Waals surface area contributed by atoms with Gasteiger partial charge in [0.1, 0.15) is 0 Å². The summed E-state index contributed by atoms with van der Waals surface area (Å²) in [5, 5.41) is 3.02. The quantitative estimate of drug-likeness (QED) is 0.744. The molecular weight excluding hydrogens is 274 g/mol. The Morgan fingerprint density at radius 1 is 1.35 bits per heavy atom. The lowest BCUT2D eigenvalue weighted by molar-refractivity contribution is 0.329. The maximum absolute atomic E-state index is 12.2. The van der Waals surface area contributed by atoms with E-state index in [9.17, 15) is 8.42 Å². The first-order valence-electron chi connectivity index (χ1n) is 6.96. The third kappa shape index (κ3) is 4.28. The Bertz CT molecular complexity index is 541. The van der Waals surface area contributed by atoms with Gasteiger partial charge in [-0.2, -0.15) is 0 Å². The molecule has 2 rings (SSSR count). The Balaban J connectivity index is 1.93. The molecule has 2 N–H and O–H groups in total. The van der Waals surface area contributed by atoms with Crippen LogP contribution in [-0.2, 0) is 16.6 Å². The first-order chi connectivity index (χ1) is 9.53. The smallest absolute Gasteiger partial charge is 0.240 e. The van der Waals surface area contributed by atoms with E-state index >= 15 is 0 Å². The van der Waals surface area contributed by atoms with Crippen molar-refractivity contribution in [1.82, 2.24) is 14.9 Å². The molecule has 1 aromatic carbocycles. The molecule has 0 saturated heterocycles. The molecule has 0 unspecified atom stereocenters. The van der Waals surface area contributed by atoms with Gasteiger partial charge in [0.2, 0.25) is 10.0 Å². The molecule has 0 spiro atoms. The van der Waals surface area contributed by atoms with Crippen molar-refractivity contribution in [2.45, 2.75) is 30.3 Å². The molecule has 5 nitrogen and oxygen atoms in total. The van der Waals surface area contributed by atoms with Crippen molar-refractivity contribution in [2.75, 3.05) is 27.2 Å². The van der Waals surface area contributed by atoms with E-state index in [1.165, 1.54) is 12.8 Å². The lowest BCUT2D eigenvalue weighted by Gasteiger charge is -2.16. The molecule has 1 aliphatic carbocycles. The van der Waals surface area contributed by atoms with Crippen molar-refractivity contribution in [1.29, 1.82) is 0 Å². The molecule has 1 aromatic rings. The van der Waals surface area contributed by atoms with Crippen LogP contribution in [0, 0.1) is 0 Å². The Kier molecular flexibility index (Phi) is 5.15. The normalized spacial score (nSPS) is 15.8. The van der Waals surface area contributed by atoms with E-state index in [0.29, 0.717) is 24.0 Å². The topological polar surface area (TPSA) is 61.4 Å². The zero-order chi connectivity index (χ0) is 14.6. The minimum atomic E-state index is -3.41. The zero-order valence-electron chi connectivity index (χ0n) is 12.1. The number of rotatable bonds is 8. The predicted octanol–water partition coefficient (Wildman–Crippen LogP) is 0.779. The van der Waals surface area contributed by atoms with E-state index in [1.807, 2.05) is 20.2 Å². The fourth-order valence-electron chi connectivity index (χ4n) is 2.16. The second-order valence-electron chi connectivity index (χ2n) is 5.29. The number of nitrogens with zero attached hydrogens (tertiary/aromatic N) is 1. The van der Waals surface area contributed by atoms with Crippen molar-refractivity contribution >= 4 is 10.0 Å². The number of benzene rings is 1. The monoisotopic (exact) mass is 297 g/mol. The van der Waals surface area contributed by atoms with Crippen LogP contribution in [0.25, 0.3) is 0 Å². The summed E-state index contributed by atoms with van der Waals surface area (Å²) >= 11 is 0. The summed E-state index contributed by atoms with van der Waals surface area (Å²) in [5.74, 6) is 0. The molecule has 20 heavy (non-hydrogen) atoms. The average molecular weight is 297 g/mol. The highest BCUT2D eigenvalue weighted by Gasteiger charge is 2.25. The minimum absolute atomic E-state index is 0.333. The summed E-state index contributed by atoms with van der Waals surface area (Å²) in [4.78, 5) is 2.54. The molecule has 1 aliphatic rings. The number of hydrogen-bond donors (Lipinski definition) is 2. The van der Waals surface area contributed by atoms with Crippen LogP contribution >= 0.6 is 0 Å². The van der Waals surface area contributed by atoms with Crippen LogP contribution in [0.3, 0.4) is 0 Å². The number of hydrogen-bond acceptors (Lipinski definition) is 4. The Morgan fingerprint density at radius 2 is 2.10 bits per heavy atom. The van der Waals surface area contributed by atoms with Gasteiger partial charge in [-0.25, -0.2) is 13.1 Å². The number of nitrogens with one attached hydrogen (secondary N) is 2. The summed E-state index contributed by atoms with van der Waals surface area (Å²) in [5.41, 5.74) is 0.963. The zero-order valence-corrected chi connectivity index (χ0v) is 12.9. The Morgan fingerprint density at radius 3 is 2.75 bits per heavy atom. The van der Waals surface area contributed by atoms with Gasteiger partial charge in [0.05, 0.1) is 4.90 Å². The fraction of sp³-hybridized carbons (Fsp3) is 0.571. The van der Waals surface area contributed by atoms with E-state index in [0.717, 1.165) is 12.1 Å². The lowest BCUT2D eigenvalue weighted by atomic mass is 10.2. The molecule has 0 radical (unpaired) electrons. The molecule has 0 atom stereocenters. The van der Waals surface area contributed by atoms with Gasteiger partial charge in [-0.15, -0.1) is 0 Å². The summed E-state index contributed by atoms with van der Waals surface area (Å²) < 4.78 is 27.1. The van der Waals surface area contributed by atoms with Crippen LogP contribution in [0.5, 0.6) is 0 Å². The van der Waals surface area contributed by atoms with Crippen molar-refractivity contribution in [3.05, 3.63) is 29.8 Å². The maximum Gasteiger partial charge on any atom is 0.240 e. The SMILES string of the molecule is CNCc1cccc(S(=O)(=O)NCCN(C)C2CC2)c1. The van der Waals surface area contributed by atoms with Gasteiger partial charge in [-0.05, 0) is 44.6 Å². The highest BCUT2D eigenvalue weighted by molar-refractivity contribution is 7.89. The third-order valence-electron chi connectivity index (χ3n) is 3.52. The van der Waals surface area contributed by atoms with Gasteiger partial charge >= 0.3 is 0 Å². The highest BCUT2D eigenvalue weighted by Crippen LogP contribution is 2.24. The number of sulfonamides is 1. The van der Waals surface area contributed by atoms with Crippen LogP contribution in [0.4, 0.5) is 0 Å². The highest BCUT2D eigenvalue weighted by atomic mass is 32.2. The van der Waals surface area contributed by atoms with E-state index < -0.39 is 10.0 Å². The van der Waals surface area contributed by atoms with Gasteiger partial charge in [-0.3, -0.25) is 0 Å². The van der Waals surface area contributed by atoms with E-state index in [1.54, 1.807) is 18.2 Å². The van der Waals surface area contributed by atoms with E-state index in [-0.39, 0.29) is 0 Å². The van der Waals surface area contributed by atoms with Crippen LogP contribution in [0.15, 0.2) is 29.2 Å². The molecule has 0 bridgehead atoms. The van der Waals surface area contributed by atoms with Crippen LogP contribution < -0.4 is 10.0 Å². The summed E-state index contributed by atoms with van der Waals surface area (Å²) in [6.07, 6.45) is 2.46. The van der Waals surface area contributed by atoms with Gasteiger partial charge in [-0.1, -0.05) is 12.1 Å². The molecule has 0 aliphatic heterocycles. The second-order valence-corrected chi connectivity index (χ2v) is 7.05. The fourth-order valence-corrected chi connectivity index (χ4v) is 3.26. The van der Waals surface area contributed by atoms with E-state index in [4.69, 9.17) is 0 Å². The predicted molar refractivity (Wildman–Crippen MR) is 80.0 cm³/mol. The van der Waals surface area contributed by atoms with Gasteiger partial charge in [0, 0.05) is 25.7 Å². The molecule has 0 heterocycles. The van der Waals surface area contributed by atoms with Crippen LogP contribution in [0.2, 0.25) is 0 Å². The van der Waals surface area contributed by atoms with Crippen LogP contribution in [0.1, 0.15) is 18.4 Å². The average Bonchev–Trinajstić information content (AvgIpc) is 3.23. The molecule has 112 valence electrons.